The van der Waals surface area contributed by atoms with Gasteiger partial charge in [-0.2, -0.15) is 0 Å². The fourth-order valence-corrected chi connectivity index (χ4v) is 1.55. The van der Waals surface area contributed by atoms with Gasteiger partial charge in [0.2, 0.25) is 0 Å². The van der Waals surface area contributed by atoms with Crippen LogP contribution in [0.5, 0.6) is 0 Å². The van der Waals surface area contributed by atoms with Crippen LogP contribution in [0.2, 0.25) is 0 Å². The molecule has 3 rings (SSSR count). The maximum Gasteiger partial charge on any atom is 0.200 e. The van der Waals surface area contributed by atoms with E-state index < -0.39 is 0 Å². The van der Waals surface area contributed by atoms with Gasteiger partial charge in [-0.1, -0.05) is 0 Å². The minimum atomic E-state index is 0.635. The molecule has 3 heterocycles. The van der Waals surface area contributed by atoms with Gasteiger partial charge in [0.15, 0.2) is 11.5 Å². The van der Waals surface area contributed by atoms with E-state index >= 15 is 0 Å². The van der Waals surface area contributed by atoms with E-state index in [9.17, 15) is 0 Å². The molecule has 7 nitrogen and oxygen atoms in total. The lowest BCUT2D eigenvalue weighted by Crippen LogP contribution is -2.30. The first-order valence-corrected chi connectivity index (χ1v) is 4.89. The van der Waals surface area contributed by atoms with Gasteiger partial charge in [-0.15, -0.1) is 14.8 Å². The second kappa shape index (κ2) is 3.43. The molecule has 2 aromatic heterocycles. The SMILES string of the molecule is c1cc2nnnn2nc1N1CCCCO1. The molecular weight excluding hydrogens is 196 g/mol. The van der Waals surface area contributed by atoms with Crippen LogP contribution >= 0.6 is 0 Å². The lowest BCUT2D eigenvalue weighted by Gasteiger charge is -2.26. The van der Waals surface area contributed by atoms with Crippen LogP contribution in [0, 0.1) is 0 Å². The van der Waals surface area contributed by atoms with Crippen molar-refractivity contribution in [1.29, 1.82) is 0 Å². The van der Waals surface area contributed by atoms with Gasteiger partial charge in [-0.25, -0.2) is 5.06 Å². The lowest BCUT2D eigenvalue weighted by molar-refractivity contribution is 0.0756. The van der Waals surface area contributed by atoms with E-state index in [2.05, 4.69) is 20.6 Å². The third-order valence-electron chi connectivity index (χ3n) is 2.31. The second-order valence-electron chi connectivity index (χ2n) is 3.36. The zero-order valence-electron chi connectivity index (χ0n) is 8.07. The predicted octanol–water partition coefficient (Wildman–Crippen LogP) is 0.0511. The summed E-state index contributed by atoms with van der Waals surface area (Å²) in [4.78, 5) is 5.48. The van der Waals surface area contributed by atoms with Gasteiger partial charge in [0, 0.05) is 6.54 Å². The second-order valence-corrected chi connectivity index (χ2v) is 3.36. The molecular formula is C8H10N6O. The number of hydrogen-bond donors (Lipinski definition) is 0. The van der Waals surface area contributed by atoms with Crippen molar-refractivity contribution in [2.24, 2.45) is 0 Å². The van der Waals surface area contributed by atoms with Crippen molar-refractivity contribution >= 4 is 11.5 Å². The van der Waals surface area contributed by atoms with Gasteiger partial charge in [0.1, 0.15) is 0 Å². The summed E-state index contributed by atoms with van der Waals surface area (Å²) < 4.78 is 1.40. The van der Waals surface area contributed by atoms with Crippen LogP contribution in [-0.2, 0) is 4.84 Å². The molecule has 78 valence electrons. The van der Waals surface area contributed by atoms with Crippen molar-refractivity contribution in [1.82, 2.24) is 25.3 Å². The zero-order valence-corrected chi connectivity index (χ0v) is 8.07. The molecule has 1 saturated heterocycles. The summed E-state index contributed by atoms with van der Waals surface area (Å²) in [6, 6.07) is 3.68. The molecule has 0 bridgehead atoms. The molecule has 0 spiro atoms. The van der Waals surface area contributed by atoms with Crippen molar-refractivity contribution < 1.29 is 4.84 Å². The van der Waals surface area contributed by atoms with Crippen LogP contribution < -0.4 is 5.06 Å². The molecule has 1 aliphatic rings. The lowest BCUT2D eigenvalue weighted by atomic mass is 10.3. The molecule has 0 atom stereocenters. The Kier molecular flexibility index (Phi) is 1.95. The predicted molar refractivity (Wildman–Crippen MR) is 51.1 cm³/mol. The number of anilines is 1. The first-order chi connectivity index (χ1) is 7.43. The number of hydroxylamine groups is 1. The molecule has 7 heteroatoms. The smallest absolute Gasteiger partial charge is 0.200 e. The first-order valence-electron chi connectivity index (χ1n) is 4.89. The molecule has 0 aliphatic carbocycles. The number of fused-ring (bicyclic) bond motifs is 1. The molecule has 0 amide bonds. The summed E-state index contributed by atoms with van der Waals surface area (Å²) in [5.74, 6) is 0.745. The van der Waals surface area contributed by atoms with E-state index in [0.717, 1.165) is 31.8 Å². The summed E-state index contributed by atoms with van der Waals surface area (Å²) in [6.07, 6.45) is 2.22. The fraction of sp³-hybridized carbons (Fsp3) is 0.500. The van der Waals surface area contributed by atoms with Crippen LogP contribution in [0.4, 0.5) is 5.82 Å². The molecule has 0 N–H and O–H groups in total. The molecule has 1 fully saturated rings. The molecule has 0 saturated carbocycles. The average molecular weight is 206 g/mol. The Balaban J connectivity index is 1.95. The van der Waals surface area contributed by atoms with E-state index in [4.69, 9.17) is 4.84 Å². The van der Waals surface area contributed by atoms with Crippen molar-refractivity contribution in [3.05, 3.63) is 12.1 Å². The van der Waals surface area contributed by atoms with Gasteiger partial charge < -0.3 is 0 Å². The number of aromatic nitrogens is 5. The Bertz CT molecular complexity index is 463. The Morgan fingerprint density at radius 3 is 3.13 bits per heavy atom. The van der Waals surface area contributed by atoms with Gasteiger partial charge in [0.05, 0.1) is 6.61 Å². The number of tetrazole rings is 1. The van der Waals surface area contributed by atoms with Crippen LogP contribution in [0.25, 0.3) is 5.65 Å². The zero-order chi connectivity index (χ0) is 10.1. The number of hydrogen-bond acceptors (Lipinski definition) is 6. The summed E-state index contributed by atoms with van der Waals surface area (Å²) in [5, 5.41) is 17.1. The molecule has 0 radical (unpaired) electrons. The Morgan fingerprint density at radius 1 is 1.27 bits per heavy atom. The Hall–Kier alpha value is -1.76. The summed E-state index contributed by atoms with van der Waals surface area (Å²) in [7, 11) is 0. The highest BCUT2D eigenvalue weighted by Crippen LogP contribution is 2.15. The fourth-order valence-electron chi connectivity index (χ4n) is 1.55. The largest absolute Gasteiger partial charge is 0.272 e. The third-order valence-corrected chi connectivity index (χ3v) is 2.31. The Morgan fingerprint density at radius 2 is 2.27 bits per heavy atom. The average Bonchev–Trinajstić information content (AvgIpc) is 2.77. The third kappa shape index (κ3) is 1.50. The molecule has 2 aromatic rings. The van der Waals surface area contributed by atoms with Crippen LogP contribution in [0.1, 0.15) is 12.8 Å². The number of nitrogens with zero attached hydrogens (tertiary/aromatic N) is 6. The van der Waals surface area contributed by atoms with Crippen molar-refractivity contribution in [3.8, 4) is 0 Å². The van der Waals surface area contributed by atoms with Crippen LogP contribution in [0.3, 0.4) is 0 Å². The highest BCUT2D eigenvalue weighted by molar-refractivity contribution is 5.42. The van der Waals surface area contributed by atoms with Gasteiger partial charge in [-0.05, 0) is 35.4 Å². The van der Waals surface area contributed by atoms with Gasteiger partial charge >= 0.3 is 0 Å². The van der Waals surface area contributed by atoms with Crippen LogP contribution in [-0.4, -0.2) is 38.4 Å². The summed E-state index contributed by atoms with van der Waals surface area (Å²) in [5.41, 5.74) is 0.635. The highest BCUT2D eigenvalue weighted by Gasteiger charge is 2.14. The minimum Gasteiger partial charge on any atom is -0.272 e. The quantitative estimate of drug-likeness (QED) is 0.656. The maximum atomic E-state index is 5.48. The van der Waals surface area contributed by atoms with Gasteiger partial charge in [0.25, 0.3) is 0 Å². The van der Waals surface area contributed by atoms with Crippen molar-refractivity contribution in [2.45, 2.75) is 12.8 Å². The van der Waals surface area contributed by atoms with E-state index in [1.807, 2.05) is 12.1 Å². The van der Waals surface area contributed by atoms with Gasteiger partial charge in [-0.3, -0.25) is 4.84 Å². The van der Waals surface area contributed by atoms with Crippen molar-refractivity contribution in [3.63, 3.8) is 0 Å². The molecule has 15 heavy (non-hydrogen) atoms. The molecule has 0 aromatic carbocycles. The normalized spacial score (nSPS) is 17.2. The Labute approximate surface area is 85.6 Å². The monoisotopic (exact) mass is 206 g/mol. The van der Waals surface area contributed by atoms with Crippen LogP contribution in [0.15, 0.2) is 12.1 Å². The summed E-state index contributed by atoms with van der Waals surface area (Å²) >= 11 is 0. The first kappa shape index (κ1) is 8.54. The standard InChI is InChI=1S/C8H10N6O/c1-2-6-15-13(5-1)8-4-3-7-9-11-12-14(7)10-8/h3-4H,1-2,5-6H2. The minimum absolute atomic E-state index is 0.635. The van der Waals surface area contributed by atoms with Crippen molar-refractivity contribution in [2.75, 3.05) is 18.2 Å². The van der Waals surface area contributed by atoms with E-state index in [0.29, 0.717) is 5.65 Å². The molecule has 1 aliphatic heterocycles. The molecule has 0 unspecified atom stereocenters. The highest BCUT2D eigenvalue weighted by atomic mass is 16.7. The van der Waals surface area contributed by atoms with E-state index in [-0.39, 0.29) is 0 Å². The maximum absolute atomic E-state index is 5.48. The number of rotatable bonds is 1. The topological polar surface area (TPSA) is 68.4 Å². The van der Waals surface area contributed by atoms with E-state index in [1.165, 1.54) is 4.63 Å². The summed E-state index contributed by atoms with van der Waals surface area (Å²) in [6.45, 7) is 1.61. The van der Waals surface area contributed by atoms with E-state index in [1.54, 1.807) is 5.06 Å².